The molecule has 6 nitrogen and oxygen atoms in total. The molecule has 0 saturated carbocycles. The molecule has 1 aliphatic rings. The molecule has 0 unspecified atom stereocenters. The first-order valence-electron chi connectivity index (χ1n) is 9.69. The van der Waals surface area contributed by atoms with Crippen molar-refractivity contribution in [2.45, 2.75) is 13.3 Å². The van der Waals surface area contributed by atoms with Gasteiger partial charge in [-0.3, -0.25) is 9.59 Å². The fourth-order valence-corrected chi connectivity index (χ4v) is 3.16. The van der Waals surface area contributed by atoms with Crippen molar-refractivity contribution < 1.29 is 9.59 Å². The largest absolute Gasteiger partial charge is 0.369 e. The maximum atomic E-state index is 12.0. The van der Waals surface area contributed by atoms with Crippen LogP contribution in [0, 0.1) is 6.92 Å². The maximum Gasteiger partial charge on any atom is 0.313 e. The number of aryl methyl sites for hydroxylation is 1. The molecular formula is C22H28N4O2. The number of likely N-dealkylation sites (N-methyl/N-ethyl adjacent to an activating group) is 1. The van der Waals surface area contributed by atoms with Crippen LogP contribution < -0.4 is 15.5 Å². The lowest BCUT2D eigenvalue weighted by molar-refractivity contribution is -0.136. The van der Waals surface area contributed by atoms with Crippen LogP contribution in [0.4, 0.5) is 11.4 Å². The lowest BCUT2D eigenvalue weighted by Gasteiger charge is -2.34. The van der Waals surface area contributed by atoms with Crippen molar-refractivity contribution >= 4 is 23.2 Å². The number of hydrogen-bond acceptors (Lipinski definition) is 4. The van der Waals surface area contributed by atoms with Gasteiger partial charge in [-0.1, -0.05) is 29.8 Å². The van der Waals surface area contributed by atoms with Crippen molar-refractivity contribution in [2.75, 3.05) is 50.0 Å². The highest BCUT2D eigenvalue weighted by molar-refractivity contribution is 6.39. The summed E-state index contributed by atoms with van der Waals surface area (Å²) in [5.41, 5.74) is 4.09. The van der Waals surface area contributed by atoms with E-state index in [0.717, 1.165) is 37.3 Å². The number of benzene rings is 2. The Labute approximate surface area is 166 Å². The van der Waals surface area contributed by atoms with Crippen LogP contribution in [0.3, 0.4) is 0 Å². The predicted molar refractivity (Wildman–Crippen MR) is 113 cm³/mol. The first kappa shape index (κ1) is 19.9. The van der Waals surface area contributed by atoms with Gasteiger partial charge in [0, 0.05) is 44.1 Å². The monoisotopic (exact) mass is 380 g/mol. The Morgan fingerprint density at radius 3 is 2.18 bits per heavy atom. The van der Waals surface area contributed by atoms with Gasteiger partial charge in [0.05, 0.1) is 0 Å². The van der Waals surface area contributed by atoms with Gasteiger partial charge >= 0.3 is 11.8 Å². The molecule has 148 valence electrons. The van der Waals surface area contributed by atoms with Crippen LogP contribution in [0.25, 0.3) is 0 Å². The number of piperazine rings is 1. The van der Waals surface area contributed by atoms with Crippen LogP contribution in [0.15, 0.2) is 48.5 Å². The number of carbonyl (C=O) groups excluding carboxylic acids is 2. The molecule has 0 bridgehead atoms. The average molecular weight is 380 g/mol. The summed E-state index contributed by atoms with van der Waals surface area (Å²) in [7, 11) is 2.15. The Kier molecular flexibility index (Phi) is 6.66. The summed E-state index contributed by atoms with van der Waals surface area (Å²) in [6, 6.07) is 15.8. The van der Waals surface area contributed by atoms with Crippen molar-refractivity contribution in [3.63, 3.8) is 0 Å². The molecule has 1 heterocycles. The van der Waals surface area contributed by atoms with E-state index in [1.807, 2.05) is 19.1 Å². The normalized spacial score (nSPS) is 14.6. The molecule has 0 radical (unpaired) electrons. The van der Waals surface area contributed by atoms with E-state index in [4.69, 9.17) is 0 Å². The van der Waals surface area contributed by atoms with Gasteiger partial charge in [-0.15, -0.1) is 0 Å². The Morgan fingerprint density at radius 2 is 1.54 bits per heavy atom. The van der Waals surface area contributed by atoms with E-state index < -0.39 is 11.8 Å². The highest BCUT2D eigenvalue weighted by Gasteiger charge is 2.15. The standard InChI is InChI=1S/C22H28N4O2/c1-17-3-7-19(8-4-17)24-22(28)21(27)23-12-11-18-5-9-20(10-6-18)26-15-13-25(2)14-16-26/h3-10H,11-16H2,1-2H3,(H,23,27)(H,24,28). The second kappa shape index (κ2) is 9.37. The molecule has 1 aliphatic heterocycles. The van der Waals surface area contributed by atoms with Gasteiger partial charge in [0.15, 0.2) is 0 Å². The SMILES string of the molecule is Cc1ccc(NC(=O)C(=O)NCCc2ccc(N3CCN(C)CC3)cc2)cc1. The quantitative estimate of drug-likeness (QED) is 0.780. The number of nitrogens with zero attached hydrogens (tertiary/aromatic N) is 2. The molecule has 1 fully saturated rings. The molecule has 0 aromatic heterocycles. The third kappa shape index (κ3) is 5.57. The summed E-state index contributed by atoms with van der Waals surface area (Å²) < 4.78 is 0. The van der Waals surface area contributed by atoms with E-state index in [2.05, 4.69) is 51.7 Å². The number of anilines is 2. The minimum Gasteiger partial charge on any atom is -0.369 e. The summed E-state index contributed by atoms with van der Waals surface area (Å²) in [5, 5.41) is 5.28. The molecule has 2 N–H and O–H groups in total. The fraction of sp³-hybridized carbons (Fsp3) is 0.364. The van der Waals surface area contributed by atoms with Crippen molar-refractivity contribution in [3.8, 4) is 0 Å². The van der Waals surface area contributed by atoms with E-state index in [0.29, 0.717) is 18.7 Å². The van der Waals surface area contributed by atoms with Crippen LogP contribution in [-0.4, -0.2) is 56.5 Å². The van der Waals surface area contributed by atoms with Gasteiger partial charge < -0.3 is 20.4 Å². The summed E-state index contributed by atoms with van der Waals surface area (Å²) in [6.07, 6.45) is 0.687. The fourth-order valence-electron chi connectivity index (χ4n) is 3.16. The smallest absolute Gasteiger partial charge is 0.313 e. The molecule has 0 aliphatic carbocycles. The lowest BCUT2D eigenvalue weighted by Crippen LogP contribution is -2.44. The summed E-state index contributed by atoms with van der Waals surface area (Å²) >= 11 is 0. The number of hydrogen-bond donors (Lipinski definition) is 2. The van der Waals surface area contributed by atoms with E-state index in [1.165, 1.54) is 5.69 Å². The second-order valence-corrected chi connectivity index (χ2v) is 7.28. The molecule has 0 atom stereocenters. The molecule has 0 spiro atoms. The van der Waals surface area contributed by atoms with Gasteiger partial charge in [0.1, 0.15) is 0 Å². The van der Waals surface area contributed by atoms with Crippen LogP contribution in [-0.2, 0) is 16.0 Å². The van der Waals surface area contributed by atoms with Crippen LogP contribution in [0.2, 0.25) is 0 Å². The van der Waals surface area contributed by atoms with Gasteiger partial charge in [-0.2, -0.15) is 0 Å². The molecule has 1 saturated heterocycles. The third-order valence-electron chi connectivity index (χ3n) is 5.02. The first-order valence-corrected chi connectivity index (χ1v) is 9.69. The molecule has 2 aromatic rings. The Morgan fingerprint density at radius 1 is 0.893 bits per heavy atom. The molecular weight excluding hydrogens is 352 g/mol. The van der Waals surface area contributed by atoms with Gasteiger partial charge in [-0.05, 0) is 50.2 Å². The highest BCUT2D eigenvalue weighted by Crippen LogP contribution is 2.17. The van der Waals surface area contributed by atoms with Gasteiger partial charge in [-0.25, -0.2) is 0 Å². The predicted octanol–water partition coefficient (Wildman–Crippen LogP) is 2.04. The highest BCUT2D eigenvalue weighted by atomic mass is 16.2. The second-order valence-electron chi connectivity index (χ2n) is 7.28. The Bertz CT molecular complexity index is 794. The Hall–Kier alpha value is -2.86. The zero-order chi connectivity index (χ0) is 19.9. The molecule has 2 amide bonds. The minimum atomic E-state index is -0.644. The van der Waals surface area contributed by atoms with Crippen LogP contribution >= 0.6 is 0 Å². The number of rotatable bonds is 5. The zero-order valence-corrected chi connectivity index (χ0v) is 16.6. The van der Waals surface area contributed by atoms with Gasteiger partial charge in [0.25, 0.3) is 0 Å². The number of nitrogens with one attached hydrogen (secondary N) is 2. The molecule has 6 heteroatoms. The van der Waals surface area contributed by atoms with Crippen molar-refractivity contribution in [1.29, 1.82) is 0 Å². The average Bonchev–Trinajstić information content (AvgIpc) is 2.71. The molecule has 28 heavy (non-hydrogen) atoms. The summed E-state index contributed by atoms with van der Waals surface area (Å²) in [6.45, 7) is 6.64. The summed E-state index contributed by atoms with van der Waals surface area (Å²) in [5.74, 6) is -1.26. The molecule has 3 rings (SSSR count). The molecule has 2 aromatic carbocycles. The topological polar surface area (TPSA) is 64.7 Å². The van der Waals surface area contributed by atoms with E-state index >= 15 is 0 Å². The van der Waals surface area contributed by atoms with Crippen LogP contribution in [0.5, 0.6) is 0 Å². The first-order chi connectivity index (χ1) is 13.5. The van der Waals surface area contributed by atoms with E-state index in [9.17, 15) is 9.59 Å². The van der Waals surface area contributed by atoms with Crippen LogP contribution in [0.1, 0.15) is 11.1 Å². The maximum absolute atomic E-state index is 12.0. The third-order valence-corrected chi connectivity index (χ3v) is 5.02. The van der Waals surface area contributed by atoms with E-state index in [-0.39, 0.29) is 0 Å². The Balaban J connectivity index is 1.42. The number of carbonyl (C=O) groups is 2. The van der Waals surface area contributed by atoms with E-state index in [1.54, 1.807) is 12.1 Å². The zero-order valence-electron chi connectivity index (χ0n) is 16.6. The minimum absolute atomic E-state index is 0.425. The van der Waals surface area contributed by atoms with Crippen molar-refractivity contribution in [3.05, 3.63) is 59.7 Å². The summed E-state index contributed by atoms with van der Waals surface area (Å²) in [4.78, 5) is 28.6. The lowest BCUT2D eigenvalue weighted by atomic mass is 10.1. The van der Waals surface area contributed by atoms with Crippen molar-refractivity contribution in [2.24, 2.45) is 0 Å². The van der Waals surface area contributed by atoms with Crippen molar-refractivity contribution in [1.82, 2.24) is 10.2 Å². The van der Waals surface area contributed by atoms with Gasteiger partial charge in [0.2, 0.25) is 0 Å². The number of amides is 2.